The van der Waals surface area contributed by atoms with Gasteiger partial charge in [0.15, 0.2) is 0 Å². The van der Waals surface area contributed by atoms with Crippen molar-refractivity contribution < 1.29 is 6.53 Å². The molecule has 0 radical (unpaired) electrons. The summed E-state index contributed by atoms with van der Waals surface area (Å²) in [6, 6.07) is 7.89. The lowest BCUT2D eigenvalue weighted by molar-refractivity contribution is 0.199. The molecule has 12 heavy (non-hydrogen) atoms. The summed E-state index contributed by atoms with van der Waals surface area (Å²) >= 11 is 0. The highest BCUT2D eigenvalue weighted by molar-refractivity contribution is 5.22. The molecule has 1 N–H and O–H groups in total. The quantitative estimate of drug-likeness (QED) is 0.682. The molecule has 1 nitrogen and oxygen atoms in total. The van der Waals surface area contributed by atoms with Crippen LogP contribution in [-0.4, -0.2) is 5.11 Å². The maximum absolute atomic E-state index is 9.11. The van der Waals surface area contributed by atoms with Gasteiger partial charge in [0.25, 0.3) is 0 Å². The Morgan fingerprint density at radius 3 is 1.92 bits per heavy atom. The highest BCUT2D eigenvalue weighted by Crippen LogP contribution is 2.11. The zero-order valence-corrected chi connectivity index (χ0v) is 8.33. The summed E-state index contributed by atoms with van der Waals surface area (Å²) in [7, 11) is 0. The summed E-state index contributed by atoms with van der Waals surface area (Å²) in [6.07, 6.45) is -0.347. The van der Waals surface area contributed by atoms with E-state index in [9.17, 15) is 0 Å². The fraction of sp³-hybridized carbons (Fsp3) is 0.455. The molecular formula is C11H20O. The molecule has 0 aromatic heterocycles. The first-order valence-electron chi connectivity index (χ1n) is 4.45. The molecule has 0 heterocycles. The molecule has 1 atom stereocenters. The molecule has 1 rings (SSSR count). The second-order valence-corrected chi connectivity index (χ2v) is 2.59. The van der Waals surface area contributed by atoms with Crippen LogP contribution in [0.15, 0.2) is 24.3 Å². The van der Waals surface area contributed by atoms with Crippen molar-refractivity contribution in [2.75, 3.05) is 0 Å². The standard InChI is InChI=1S/C9H12O.C2H6.H2/c1-7-3-5-9(6-4-7)8(2)10;1-2;/h3-6,8,10H,1-2H3;1-2H3;1H. The Labute approximate surface area is 76.5 Å². The van der Waals surface area contributed by atoms with Crippen LogP contribution in [0.5, 0.6) is 0 Å². The van der Waals surface area contributed by atoms with Crippen molar-refractivity contribution in [2.24, 2.45) is 0 Å². The molecule has 0 aliphatic heterocycles. The molecule has 0 aliphatic carbocycles. The van der Waals surface area contributed by atoms with E-state index in [1.165, 1.54) is 5.56 Å². The van der Waals surface area contributed by atoms with Crippen molar-refractivity contribution >= 4 is 0 Å². The van der Waals surface area contributed by atoms with Gasteiger partial charge in [-0.15, -0.1) is 0 Å². The van der Waals surface area contributed by atoms with Crippen LogP contribution in [0, 0.1) is 6.92 Å². The Morgan fingerprint density at radius 1 is 1.17 bits per heavy atom. The van der Waals surface area contributed by atoms with E-state index in [0.717, 1.165) is 5.56 Å². The van der Waals surface area contributed by atoms with Gasteiger partial charge in [-0.05, 0) is 19.4 Å². The highest BCUT2D eigenvalue weighted by Gasteiger charge is 1.96. The minimum Gasteiger partial charge on any atom is -0.389 e. The molecular weight excluding hydrogens is 148 g/mol. The summed E-state index contributed by atoms with van der Waals surface area (Å²) in [5.74, 6) is 0. The minimum atomic E-state index is -0.347. The molecule has 0 aliphatic rings. The summed E-state index contributed by atoms with van der Waals surface area (Å²) in [5.41, 5.74) is 2.20. The largest absolute Gasteiger partial charge is 0.389 e. The third kappa shape index (κ3) is 3.54. The first-order chi connectivity index (χ1) is 5.70. The van der Waals surface area contributed by atoms with E-state index in [-0.39, 0.29) is 7.53 Å². The van der Waals surface area contributed by atoms with Crippen LogP contribution >= 0.6 is 0 Å². The third-order valence-electron chi connectivity index (χ3n) is 1.56. The molecule has 0 saturated carbocycles. The zero-order chi connectivity index (χ0) is 9.56. The van der Waals surface area contributed by atoms with Crippen LogP contribution in [-0.2, 0) is 0 Å². The number of aliphatic hydroxyl groups is 1. The lowest BCUT2D eigenvalue weighted by Gasteiger charge is -2.02. The lowest BCUT2D eigenvalue weighted by Crippen LogP contribution is -1.89. The van der Waals surface area contributed by atoms with E-state index >= 15 is 0 Å². The molecule has 70 valence electrons. The number of aryl methyl sites for hydroxylation is 1. The van der Waals surface area contributed by atoms with E-state index in [1.54, 1.807) is 6.92 Å². The fourth-order valence-electron chi connectivity index (χ4n) is 0.845. The second kappa shape index (κ2) is 5.78. The molecule has 0 spiro atoms. The van der Waals surface area contributed by atoms with Gasteiger partial charge in [0.1, 0.15) is 0 Å². The van der Waals surface area contributed by atoms with Crippen LogP contribution in [0.1, 0.15) is 39.4 Å². The molecule has 0 amide bonds. The van der Waals surface area contributed by atoms with Crippen LogP contribution in [0.3, 0.4) is 0 Å². The third-order valence-corrected chi connectivity index (χ3v) is 1.56. The van der Waals surface area contributed by atoms with Gasteiger partial charge >= 0.3 is 0 Å². The van der Waals surface area contributed by atoms with E-state index in [4.69, 9.17) is 5.11 Å². The Kier molecular flexibility index (Phi) is 5.39. The van der Waals surface area contributed by atoms with Crippen molar-refractivity contribution in [2.45, 2.75) is 33.8 Å². The summed E-state index contributed by atoms with van der Waals surface area (Å²) in [4.78, 5) is 0. The predicted octanol–water partition coefficient (Wildman–Crippen LogP) is 3.32. The topological polar surface area (TPSA) is 20.2 Å². The molecule has 1 aromatic carbocycles. The maximum Gasteiger partial charge on any atom is 0.0761 e. The van der Waals surface area contributed by atoms with Crippen LogP contribution < -0.4 is 0 Å². The maximum atomic E-state index is 9.11. The summed E-state index contributed by atoms with van der Waals surface area (Å²) < 4.78 is 0. The van der Waals surface area contributed by atoms with E-state index in [1.807, 2.05) is 45.0 Å². The molecule has 1 aromatic rings. The average Bonchev–Trinajstić information content (AvgIpc) is 2.09. The lowest BCUT2D eigenvalue weighted by atomic mass is 10.1. The Bertz CT molecular complexity index is 204. The SMILES string of the molecule is CC.Cc1ccc(C(C)O)cc1.[HH]. The first-order valence-corrected chi connectivity index (χ1v) is 4.45. The predicted molar refractivity (Wildman–Crippen MR) is 55.3 cm³/mol. The van der Waals surface area contributed by atoms with Crippen molar-refractivity contribution in [3.63, 3.8) is 0 Å². The number of hydrogen-bond donors (Lipinski definition) is 1. The normalized spacial score (nSPS) is 11.4. The molecule has 1 unspecified atom stereocenters. The van der Waals surface area contributed by atoms with Gasteiger partial charge in [-0.25, -0.2) is 0 Å². The zero-order valence-electron chi connectivity index (χ0n) is 8.33. The van der Waals surface area contributed by atoms with Crippen LogP contribution in [0.25, 0.3) is 0 Å². The molecule has 0 saturated heterocycles. The van der Waals surface area contributed by atoms with Gasteiger partial charge in [0, 0.05) is 1.43 Å². The average molecular weight is 168 g/mol. The number of benzene rings is 1. The smallest absolute Gasteiger partial charge is 0.0761 e. The van der Waals surface area contributed by atoms with E-state index < -0.39 is 0 Å². The van der Waals surface area contributed by atoms with Gasteiger partial charge in [-0.3, -0.25) is 0 Å². The fourth-order valence-corrected chi connectivity index (χ4v) is 0.845. The number of hydrogen-bond acceptors (Lipinski definition) is 1. The molecule has 1 heteroatoms. The Balaban J connectivity index is 0. The monoisotopic (exact) mass is 168 g/mol. The second-order valence-electron chi connectivity index (χ2n) is 2.59. The van der Waals surface area contributed by atoms with Crippen LogP contribution in [0.4, 0.5) is 0 Å². The van der Waals surface area contributed by atoms with Crippen molar-refractivity contribution in [3.05, 3.63) is 35.4 Å². The van der Waals surface area contributed by atoms with Crippen molar-refractivity contribution in [3.8, 4) is 0 Å². The summed E-state index contributed by atoms with van der Waals surface area (Å²) in [6.45, 7) is 7.80. The van der Waals surface area contributed by atoms with Crippen molar-refractivity contribution in [1.82, 2.24) is 0 Å². The molecule has 0 fully saturated rings. The number of rotatable bonds is 1. The number of aliphatic hydroxyl groups excluding tert-OH is 1. The van der Waals surface area contributed by atoms with Gasteiger partial charge in [0.2, 0.25) is 0 Å². The van der Waals surface area contributed by atoms with Crippen LogP contribution in [0.2, 0.25) is 0 Å². The minimum absolute atomic E-state index is 0. The van der Waals surface area contributed by atoms with E-state index in [0.29, 0.717) is 0 Å². The van der Waals surface area contributed by atoms with Gasteiger partial charge < -0.3 is 5.11 Å². The Morgan fingerprint density at radius 2 is 1.58 bits per heavy atom. The molecule has 0 bridgehead atoms. The van der Waals surface area contributed by atoms with Gasteiger partial charge in [0.05, 0.1) is 6.10 Å². The Hall–Kier alpha value is -0.820. The van der Waals surface area contributed by atoms with E-state index in [2.05, 4.69) is 0 Å². The first kappa shape index (κ1) is 11.2. The van der Waals surface area contributed by atoms with Gasteiger partial charge in [-0.1, -0.05) is 43.7 Å². The summed E-state index contributed by atoms with van der Waals surface area (Å²) in [5, 5.41) is 9.11. The van der Waals surface area contributed by atoms with Crippen molar-refractivity contribution in [1.29, 1.82) is 0 Å². The highest BCUT2D eigenvalue weighted by atomic mass is 16.3. The van der Waals surface area contributed by atoms with Gasteiger partial charge in [-0.2, -0.15) is 0 Å².